The summed E-state index contributed by atoms with van der Waals surface area (Å²) in [6.45, 7) is 6.88. The van der Waals surface area contributed by atoms with Gasteiger partial charge in [-0.2, -0.15) is 0 Å². The lowest BCUT2D eigenvalue weighted by Crippen LogP contribution is -2.15. The maximum atomic E-state index is 11.3. The van der Waals surface area contributed by atoms with Crippen molar-refractivity contribution in [3.05, 3.63) is 29.8 Å². The minimum absolute atomic E-state index is 0.0783. The van der Waals surface area contributed by atoms with Gasteiger partial charge in [-0.15, -0.1) is 0 Å². The van der Waals surface area contributed by atoms with Crippen LogP contribution in [0.1, 0.15) is 52.0 Å². The molecule has 0 atom stereocenters. The third kappa shape index (κ3) is 7.16. The monoisotopic (exact) mass is 292 g/mol. The highest BCUT2D eigenvalue weighted by Gasteiger charge is 2.18. The van der Waals surface area contributed by atoms with E-state index in [9.17, 15) is 4.79 Å². The van der Waals surface area contributed by atoms with E-state index in [1.807, 2.05) is 19.1 Å². The zero-order chi connectivity index (χ0) is 15.7. The first kappa shape index (κ1) is 17.5. The van der Waals surface area contributed by atoms with Crippen LogP contribution in [0.5, 0.6) is 5.75 Å². The van der Waals surface area contributed by atoms with Gasteiger partial charge in [0.1, 0.15) is 5.75 Å². The molecule has 0 saturated heterocycles. The molecule has 0 spiro atoms. The lowest BCUT2D eigenvalue weighted by Gasteiger charge is -2.24. The Morgan fingerprint density at radius 3 is 2.38 bits per heavy atom. The van der Waals surface area contributed by atoms with Crippen LogP contribution in [0.2, 0.25) is 0 Å². The Kier molecular flexibility index (Phi) is 7.27. The first-order chi connectivity index (χ1) is 9.96. The van der Waals surface area contributed by atoms with Crippen LogP contribution in [-0.2, 0) is 16.0 Å². The van der Waals surface area contributed by atoms with E-state index in [0.717, 1.165) is 31.4 Å². The van der Waals surface area contributed by atoms with Crippen molar-refractivity contribution in [3.63, 3.8) is 0 Å². The van der Waals surface area contributed by atoms with Crippen molar-refractivity contribution in [2.24, 2.45) is 5.41 Å². The van der Waals surface area contributed by atoms with Crippen molar-refractivity contribution < 1.29 is 14.3 Å². The minimum Gasteiger partial charge on any atom is -0.497 e. The van der Waals surface area contributed by atoms with Gasteiger partial charge < -0.3 is 9.47 Å². The highest BCUT2D eigenvalue weighted by molar-refractivity contribution is 5.69. The number of benzene rings is 1. The van der Waals surface area contributed by atoms with Crippen LogP contribution >= 0.6 is 0 Å². The quantitative estimate of drug-likeness (QED) is 0.500. The molecule has 3 nitrogen and oxygen atoms in total. The predicted octanol–water partition coefficient (Wildman–Crippen LogP) is 4.39. The fourth-order valence-electron chi connectivity index (χ4n) is 2.49. The van der Waals surface area contributed by atoms with Crippen LogP contribution in [0.4, 0.5) is 0 Å². The largest absolute Gasteiger partial charge is 0.497 e. The molecule has 0 N–H and O–H groups in total. The first-order valence-electron chi connectivity index (χ1n) is 7.75. The maximum Gasteiger partial charge on any atom is 0.305 e. The molecule has 1 rings (SSSR count). The average molecular weight is 292 g/mol. The van der Waals surface area contributed by atoms with Crippen LogP contribution in [0, 0.1) is 5.41 Å². The summed E-state index contributed by atoms with van der Waals surface area (Å²) < 4.78 is 10.1. The van der Waals surface area contributed by atoms with E-state index < -0.39 is 0 Å². The molecule has 21 heavy (non-hydrogen) atoms. The number of esters is 1. The Bertz CT molecular complexity index is 421. The standard InChI is InChI=1S/C18H28O3/c1-5-21-17(19)8-6-7-13-18(2,3)14-15-9-11-16(20-4)12-10-15/h9-12H,5-8,13-14H2,1-4H3. The molecule has 0 unspecified atom stereocenters. The Hall–Kier alpha value is -1.51. The number of carbonyl (C=O) groups excluding carboxylic acids is 1. The number of carbonyl (C=O) groups is 1. The van der Waals surface area contributed by atoms with Crippen molar-refractivity contribution in [3.8, 4) is 5.75 Å². The van der Waals surface area contributed by atoms with Gasteiger partial charge in [-0.1, -0.05) is 32.4 Å². The maximum absolute atomic E-state index is 11.3. The lowest BCUT2D eigenvalue weighted by molar-refractivity contribution is -0.143. The zero-order valence-corrected chi connectivity index (χ0v) is 13.8. The van der Waals surface area contributed by atoms with Gasteiger partial charge in [0.05, 0.1) is 13.7 Å². The fraction of sp³-hybridized carbons (Fsp3) is 0.611. The molecule has 0 aliphatic carbocycles. The van der Waals surface area contributed by atoms with Gasteiger partial charge in [0.15, 0.2) is 0 Å². The van der Waals surface area contributed by atoms with Crippen LogP contribution in [0.15, 0.2) is 24.3 Å². The van der Waals surface area contributed by atoms with Gasteiger partial charge >= 0.3 is 5.97 Å². The van der Waals surface area contributed by atoms with Gasteiger partial charge in [-0.3, -0.25) is 4.79 Å². The van der Waals surface area contributed by atoms with Crippen molar-refractivity contribution in [1.82, 2.24) is 0 Å². The van der Waals surface area contributed by atoms with E-state index in [1.54, 1.807) is 7.11 Å². The third-order valence-corrected chi connectivity index (χ3v) is 3.63. The molecule has 0 aromatic heterocycles. The van der Waals surface area contributed by atoms with E-state index >= 15 is 0 Å². The number of unbranched alkanes of at least 4 members (excludes halogenated alkanes) is 1. The summed E-state index contributed by atoms with van der Waals surface area (Å²) in [6, 6.07) is 8.26. The van der Waals surface area contributed by atoms with Gasteiger partial charge in [0.25, 0.3) is 0 Å². The summed E-state index contributed by atoms with van der Waals surface area (Å²) in [7, 11) is 1.68. The van der Waals surface area contributed by atoms with Crippen molar-refractivity contribution in [1.29, 1.82) is 0 Å². The van der Waals surface area contributed by atoms with Crippen LogP contribution in [0.25, 0.3) is 0 Å². The second-order valence-electron chi connectivity index (χ2n) is 6.20. The van der Waals surface area contributed by atoms with Gasteiger partial charge in [-0.05, 0) is 49.3 Å². The Morgan fingerprint density at radius 1 is 1.14 bits per heavy atom. The zero-order valence-electron chi connectivity index (χ0n) is 13.8. The van der Waals surface area contributed by atoms with E-state index in [2.05, 4.69) is 26.0 Å². The van der Waals surface area contributed by atoms with Crippen molar-refractivity contribution in [2.45, 2.75) is 52.9 Å². The molecule has 0 bridgehead atoms. The second-order valence-corrected chi connectivity index (χ2v) is 6.20. The molecule has 1 aromatic rings. The average Bonchev–Trinajstić information content (AvgIpc) is 2.44. The molecule has 0 fully saturated rings. The molecule has 0 aliphatic heterocycles. The summed E-state index contributed by atoms with van der Waals surface area (Å²) in [4.78, 5) is 11.3. The highest BCUT2D eigenvalue weighted by atomic mass is 16.5. The lowest BCUT2D eigenvalue weighted by atomic mass is 9.81. The van der Waals surface area contributed by atoms with Gasteiger partial charge in [-0.25, -0.2) is 0 Å². The number of methoxy groups -OCH3 is 1. The van der Waals surface area contributed by atoms with Gasteiger partial charge in [0, 0.05) is 6.42 Å². The summed E-state index contributed by atoms with van der Waals surface area (Å²) >= 11 is 0. The Morgan fingerprint density at radius 2 is 1.81 bits per heavy atom. The summed E-state index contributed by atoms with van der Waals surface area (Å²) in [6.07, 6.45) is 4.65. The van der Waals surface area contributed by atoms with E-state index in [1.165, 1.54) is 5.56 Å². The highest BCUT2D eigenvalue weighted by Crippen LogP contribution is 2.29. The summed E-state index contributed by atoms with van der Waals surface area (Å²) in [5.74, 6) is 0.816. The summed E-state index contributed by atoms with van der Waals surface area (Å²) in [5.41, 5.74) is 1.56. The van der Waals surface area contributed by atoms with E-state index in [-0.39, 0.29) is 11.4 Å². The van der Waals surface area contributed by atoms with Gasteiger partial charge in [0.2, 0.25) is 0 Å². The fourth-order valence-corrected chi connectivity index (χ4v) is 2.49. The molecular formula is C18H28O3. The molecule has 0 amide bonds. The molecule has 0 heterocycles. The molecule has 3 heteroatoms. The first-order valence-corrected chi connectivity index (χ1v) is 7.75. The van der Waals surface area contributed by atoms with E-state index in [0.29, 0.717) is 13.0 Å². The topological polar surface area (TPSA) is 35.5 Å². The minimum atomic E-state index is -0.0783. The number of hydrogen-bond acceptors (Lipinski definition) is 3. The molecule has 0 saturated carbocycles. The van der Waals surface area contributed by atoms with Crippen molar-refractivity contribution >= 4 is 5.97 Å². The smallest absolute Gasteiger partial charge is 0.305 e. The SMILES string of the molecule is CCOC(=O)CCCCC(C)(C)Cc1ccc(OC)cc1. The molecule has 0 radical (unpaired) electrons. The number of ether oxygens (including phenoxy) is 2. The van der Waals surface area contributed by atoms with Crippen molar-refractivity contribution in [2.75, 3.05) is 13.7 Å². The Balaban J connectivity index is 2.33. The number of rotatable bonds is 9. The second kappa shape index (κ2) is 8.71. The molecular weight excluding hydrogens is 264 g/mol. The normalized spacial score (nSPS) is 11.2. The van der Waals surface area contributed by atoms with Crippen LogP contribution in [-0.4, -0.2) is 19.7 Å². The molecule has 1 aromatic carbocycles. The molecule has 0 aliphatic rings. The third-order valence-electron chi connectivity index (χ3n) is 3.63. The van der Waals surface area contributed by atoms with Crippen LogP contribution < -0.4 is 4.74 Å². The Labute approximate surface area is 128 Å². The van der Waals surface area contributed by atoms with Crippen LogP contribution in [0.3, 0.4) is 0 Å². The number of hydrogen-bond donors (Lipinski definition) is 0. The molecule has 118 valence electrons. The predicted molar refractivity (Wildman–Crippen MR) is 85.6 cm³/mol. The van der Waals surface area contributed by atoms with E-state index in [4.69, 9.17) is 9.47 Å². The summed E-state index contributed by atoms with van der Waals surface area (Å²) in [5, 5.41) is 0.